The second-order valence-electron chi connectivity index (χ2n) is 6.70. The molecule has 0 bridgehead atoms. The molecule has 0 atom stereocenters. The molecule has 1 N–H and O–H groups in total. The molecule has 0 unspecified atom stereocenters. The van der Waals surface area contributed by atoms with Crippen LogP contribution in [-0.4, -0.2) is 47.9 Å². The smallest absolute Gasteiger partial charge is 0.322 e. The Morgan fingerprint density at radius 3 is 2.28 bits per heavy atom. The van der Waals surface area contributed by atoms with E-state index in [1.54, 1.807) is 0 Å². The van der Waals surface area contributed by atoms with Gasteiger partial charge in [-0.25, -0.2) is 13.6 Å². The van der Waals surface area contributed by atoms with E-state index in [0.717, 1.165) is 43.9 Å². The van der Waals surface area contributed by atoms with Crippen LogP contribution in [0.15, 0.2) is 18.2 Å². The largest absolute Gasteiger partial charge is 0.339 e. The van der Waals surface area contributed by atoms with Crippen molar-refractivity contribution < 1.29 is 18.4 Å². The van der Waals surface area contributed by atoms with Crippen molar-refractivity contribution in [3.05, 3.63) is 29.8 Å². The maximum atomic E-state index is 13.6. The van der Waals surface area contributed by atoms with Crippen molar-refractivity contribution in [3.8, 4) is 0 Å². The maximum Gasteiger partial charge on any atom is 0.322 e. The Balaban J connectivity index is 1.52. The van der Waals surface area contributed by atoms with Crippen LogP contribution in [0.2, 0.25) is 0 Å². The Hall–Kier alpha value is -2.18. The molecule has 25 heavy (non-hydrogen) atoms. The summed E-state index contributed by atoms with van der Waals surface area (Å²) in [5, 5.41) is 2.40. The standard InChI is InChI=1S/C18H23F2N3O2/c19-14-6-7-15(20)16(12-14)21-18(25)23-10-8-22(9-11-23)17(24)13-4-2-1-3-5-13/h6-7,12-13H,1-5,8-11H2,(H,21,25). The van der Waals surface area contributed by atoms with Gasteiger partial charge in [-0.1, -0.05) is 19.3 Å². The van der Waals surface area contributed by atoms with E-state index in [0.29, 0.717) is 26.2 Å². The SMILES string of the molecule is O=C(Nc1cc(F)ccc1F)N1CCN(C(=O)C2CCCCC2)CC1. The number of nitrogens with zero attached hydrogens (tertiary/aromatic N) is 2. The molecule has 3 amide bonds. The molecule has 1 saturated heterocycles. The number of rotatable bonds is 2. The Labute approximate surface area is 146 Å². The third-order valence-corrected chi connectivity index (χ3v) is 5.00. The second kappa shape index (κ2) is 7.80. The normalized spacial score (nSPS) is 19.0. The minimum absolute atomic E-state index is 0.121. The molecule has 136 valence electrons. The Kier molecular flexibility index (Phi) is 5.50. The third-order valence-electron chi connectivity index (χ3n) is 5.00. The van der Waals surface area contributed by atoms with Crippen molar-refractivity contribution in [3.63, 3.8) is 0 Å². The number of carbonyl (C=O) groups excluding carboxylic acids is 2. The zero-order valence-electron chi connectivity index (χ0n) is 14.1. The number of piperazine rings is 1. The molecule has 3 rings (SSSR count). The first kappa shape index (κ1) is 17.6. The van der Waals surface area contributed by atoms with Crippen LogP contribution in [0.25, 0.3) is 0 Å². The minimum Gasteiger partial charge on any atom is -0.339 e. The molecule has 0 spiro atoms. The van der Waals surface area contributed by atoms with E-state index in [-0.39, 0.29) is 17.5 Å². The molecule has 1 aromatic carbocycles. The van der Waals surface area contributed by atoms with Gasteiger partial charge in [0.1, 0.15) is 11.6 Å². The summed E-state index contributed by atoms with van der Waals surface area (Å²) in [6.45, 7) is 1.74. The lowest BCUT2D eigenvalue weighted by Gasteiger charge is -2.37. The van der Waals surface area contributed by atoms with Crippen molar-refractivity contribution in [2.45, 2.75) is 32.1 Å². The molecule has 2 fully saturated rings. The molecule has 1 aliphatic heterocycles. The highest BCUT2D eigenvalue weighted by Crippen LogP contribution is 2.26. The fourth-order valence-corrected chi connectivity index (χ4v) is 3.53. The Morgan fingerprint density at radius 1 is 0.960 bits per heavy atom. The molecule has 2 aliphatic rings. The van der Waals surface area contributed by atoms with E-state index in [9.17, 15) is 18.4 Å². The number of anilines is 1. The topological polar surface area (TPSA) is 52.7 Å². The lowest BCUT2D eigenvalue weighted by atomic mass is 9.88. The van der Waals surface area contributed by atoms with Crippen molar-refractivity contribution in [1.82, 2.24) is 9.80 Å². The van der Waals surface area contributed by atoms with Crippen molar-refractivity contribution in [2.24, 2.45) is 5.92 Å². The van der Waals surface area contributed by atoms with E-state index in [2.05, 4.69) is 5.32 Å². The summed E-state index contributed by atoms with van der Waals surface area (Å²) in [5.74, 6) is -0.980. The summed E-state index contributed by atoms with van der Waals surface area (Å²) < 4.78 is 26.8. The average Bonchev–Trinajstić information content (AvgIpc) is 2.65. The molecule has 1 aliphatic carbocycles. The van der Waals surface area contributed by atoms with Gasteiger partial charge in [-0.05, 0) is 25.0 Å². The summed E-state index contributed by atoms with van der Waals surface area (Å²) in [5.41, 5.74) is -0.175. The van der Waals surface area contributed by atoms with Gasteiger partial charge in [-0.15, -0.1) is 0 Å². The van der Waals surface area contributed by atoms with Gasteiger partial charge in [0.25, 0.3) is 0 Å². The molecule has 1 aromatic rings. The highest BCUT2D eigenvalue weighted by molar-refractivity contribution is 5.89. The summed E-state index contributed by atoms with van der Waals surface area (Å²) in [7, 11) is 0. The number of amides is 3. The van der Waals surface area contributed by atoms with Gasteiger partial charge in [0.05, 0.1) is 5.69 Å². The van der Waals surface area contributed by atoms with Crippen molar-refractivity contribution >= 4 is 17.6 Å². The van der Waals surface area contributed by atoms with Gasteiger partial charge >= 0.3 is 6.03 Å². The fourth-order valence-electron chi connectivity index (χ4n) is 3.53. The number of hydrogen-bond donors (Lipinski definition) is 1. The Morgan fingerprint density at radius 2 is 1.60 bits per heavy atom. The average molecular weight is 351 g/mol. The molecule has 1 saturated carbocycles. The van der Waals surface area contributed by atoms with E-state index in [1.165, 1.54) is 11.3 Å². The molecule has 1 heterocycles. The van der Waals surface area contributed by atoms with Crippen LogP contribution in [0.5, 0.6) is 0 Å². The molecular weight excluding hydrogens is 328 g/mol. The van der Waals surface area contributed by atoms with Gasteiger partial charge in [-0.2, -0.15) is 0 Å². The minimum atomic E-state index is -0.680. The third kappa shape index (κ3) is 4.27. The lowest BCUT2D eigenvalue weighted by molar-refractivity contribution is -0.138. The van der Waals surface area contributed by atoms with Crippen LogP contribution < -0.4 is 5.32 Å². The number of halogens is 2. The summed E-state index contributed by atoms with van der Waals surface area (Å²) in [6, 6.07) is 2.46. The van der Waals surface area contributed by atoms with Gasteiger partial charge in [0, 0.05) is 38.2 Å². The summed E-state index contributed by atoms with van der Waals surface area (Å²) in [6.07, 6.45) is 5.33. The zero-order valence-corrected chi connectivity index (χ0v) is 14.1. The number of hydrogen-bond acceptors (Lipinski definition) is 2. The first-order valence-electron chi connectivity index (χ1n) is 8.84. The monoisotopic (exact) mass is 351 g/mol. The van der Waals surface area contributed by atoms with E-state index >= 15 is 0 Å². The summed E-state index contributed by atoms with van der Waals surface area (Å²) in [4.78, 5) is 28.1. The number of urea groups is 1. The van der Waals surface area contributed by atoms with Gasteiger partial charge in [0.2, 0.25) is 5.91 Å². The van der Waals surface area contributed by atoms with Crippen LogP contribution in [0, 0.1) is 17.6 Å². The van der Waals surface area contributed by atoms with Crippen molar-refractivity contribution in [1.29, 1.82) is 0 Å². The second-order valence-corrected chi connectivity index (χ2v) is 6.70. The van der Waals surface area contributed by atoms with Gasteiger partial charge in [-0.3, -0.25) is 4.79 Å². The van der Waals surface area contributed by atoms with E-state index in [1.807, 2.05) is 4.90 Å². The maximum absolute atomic E-state index is 13.6. The van der Waals surface area contributed by atoms with E-state index < -0.39 is 17.7 Å². The Bertz CT molecular complexity index is 639. The lowest BCUT2D eigenvalue weighted by Crippen LogP contribution is -2.53. The number of nitrogens with one attached hydrogen (secondary N) is 1. The molecule has 7 heteroatoms. The predicted octanol–water partition coefficient (Wildman–Crippen LogP) is 3.22. The fraction of sp³-hybridized carbons (Fsp3) is 0.556. The molecule has 0 radical (unpaired) electrons. The number of benzene rings is 1. The first-order chi connectivity index (χ1) is 12.0. The van der Waals surface area contributed by atoms with Crippen LogP contribution in [0.1, 0.15) is 32.1 Å². The molecular formula is C18H23F2N3O2. The first-order valence-corrected chi connectivity index (χ1v) is 8.84. The zero-order chi connectivity index (χ0) is 17.8. The van der Waals surface area contributed by atoms with Crippen LogP contribution >= 0.6 is 0 Å². The van der Waals surface area contributed by atoms with E-state index in [4.69, 9.17) is 0 Å². The van der Waals surface area contributed by atoms with Crippen LogP contribution in [-0.2, 0) is 4.79 Å². The highest BCUT2D eigenvalue weighted by Gasteiger charge is 2.29. The van der Waals surface area contributed by atoms with Crippen LogP contribution in [0.4, 0.5) is 19.3 Å². The quantitative estimate of drug-likeness (QED) is 0.889. The highest BCUT2D eigenvalue weighted by atomic mass is 19.1. The molecule has 0 aromatic heterocycles. The summed E-state index contributed by atoms with van der Waals surface area (Å²) >= 11 is 0. The van der Waals surface area contributed by atoms with Gasteiger partial charge < -0.3 is 15.1 Å². The molecule has 5 nitrogen and oxygen atoms in total. The number of carbonyl (C=O) groups is 2. The predicted molar refractivity (Wildman–Crippen MR) is 90.1 cm³/mol. The van der Waals surface area contributed by atoms with Crippen LogP contribution in [0.3, 0.4) is 0 Å². The van der Waals surface area contributed by atoms with Gasteiger partial charge in [0.15, 0.2) is 0 Å². The van der Waals surface area contributed by atoms with Crippen molar-refractivity contribution in [2.75, 3.05) is 31.5 Å².